The topological polar surface area (TPSA) is 98.7 Å². The first-order valence-corrected chi connectivity index (χ1v) is 12.9. The molecule has 196 valence electrons. The molecule has 4 atom stereocenters. The molecule has 2 aromatic rings. The summed E-state index contributed by atoms with van der Waals surface area (Å²) in [5.41, 5.74) is 2.52. The van der Waals surface area contributed by atoms with Gasteiger partial charge in [-0.3, -0.25) is 9.59 Å². The number of halogens is 1. The standard InChI is InChI=1S/C30H35ClN2O4/c1-21-9-4-2-7-14-27(28(35)15-21)33-30(37)24(16-22-10-5-3-6-11-22)19-26(34)20-32-29(36)18-23-12-8-13-25(31)17-23/h2-13,17,24,26-28,34-35H,1,14-16,18-20H2,(H,32,36)(H,33,37)/b7-2-,9-4-/t24-,26+,27+,28-/m1/s1. The van der Waals surface area contributed by atoms with Crippen LogP contribution in [-0.4, -0.2) is 46.8 Å². The van der Waals surface area contributed by atoms with Gasteiger partial charge in [0.25, 0.3) is 0 Å². The molecule has 0 heterocycles. The van der Waals surface area contributed by atoms with Crippen molar-refractivity contribution in [3.63, 3.8) is 0 Å². The minimum absolute atomic E-state index is 0.0260. The molecule has 0 radical (unpaired) electrons. The summed E-state index contributed by atoms with van der Waals surface area (Å²) in [6.07, 6.45) is 7.35. The summed E-state index contributed by atoms with van der Waals surface area (Å²) >= 11 is 5.98. The Kier molecular flexibility index (Phi) is 11.1. The minimum atomic E-state index is -0.919. The van der Waals surface area contributed by atoms with Crippen LogP contribution in [0.25, 0.3) is 0 Å². The van der Waals surface area contributed by atoms with Gasteiger partial charge in [-0.25, -0.2) is 0 Å². The van der Waals surface area contributed by atoms with E-state index in [1.54, 1.807) is 18.2 Å². The lowest BCUT2D eigenvalue weighted by atomic mass is 9.91. The average molecular weight is 523 g/mol. The number of aliphatic hydroxyl groups excluding tert-OH is 2. The van der Waals surface area contributed by atoms with Gasteiger partial charge in [0.2, 0.25) is 11.8 Å². The SMILES string of the molecule is C=C1/C=C\C=C/C[C@H](NC(=O)[C@H](Cc2ccccc2)C[C@H](O)CNC(=O)Cc2cccc(Cl)c2)[C@H](O)C1. The zero-order valence-electron chi connectivity index (χ0n) is 20.9. The zero-order valence-corrected chi connectivity index (χ0v) is 21.6. The van der Waals surface area contributed by atoms with Crippen molar-refractivity contribution in [1.29, 1.82) is 0 Å². The van der Waals surface area contributed by atoms with Gasteiger partial charge in [-0.15, -0.1) is 0 Å². The molecule has 0 bridgehead atoms. The Morgan fingerprint density at radius 1 is 1.08 bits per heavy atom. The predicted octanol–water partition coefficient (Wildman–Crippen LogP) is 3.92. The molecule has 37 heavy (non-hydrogen) atoms. The molecule has 0 unspecified atom stereocenters. The highest BCUT2D eigenvalue weighted by Gasteiger charge is 2.27. The maximum absolute atomic E-state index is 13.4. The Bertz CT molecular complexity index is 1120. The van der Waals surface area contributed by atoms with Crippen LogP contribution >= 0.6 is 11.6 Å². The molecule has 3 rings (SSSR count). The van der Waals surface area contributed by atoms with E-state index in [-0.39, 0.29) is 31.2 Å². The second-order valence-corrected chi connectivity index (χ2v) is 9.89. The van der Waals surface area contributed by atoms with Gasteiger partial charge >= 0.3 is 0 Å². The summed E-state index contributed by atoms with van der Waals surface area (Å²) in [6, 6.07) is 16.2. The molecule has 2 aromatic carbocycles. The third kappa shape index (κ3) is 10.00. The van der Waals surface area contributed by atoms with Gasteiger partial charge in [0.15, 0.2) is 0 Å². The second-order valence-electron chi connectivity index (χ2n) is 9.45. The summed E-state index contributed by atoms with van der Waals surface area (Å²) in [5.74, 6) is -1.03. The lowest BCUT2D eigenvalue weighted by Crippen LogP contribution is -2.47. The van der Waals surface area contributed by atoms with Crippen LogP contribution in [0.1, 0.15) is 30.4 Å². The highest BCUT2D eigenvalue weighted by Crippen LogP contribution is 2.19. The van der Waals surface area contributed by atoms with E-state index < -0.39 is 24.2 Å². The van der Waals surface area contributed by atoms with E-state index in [0.29, 0.717) is 24.3 Å². The summed E-state index contributed by atoms with van der Waals surface area (Å²) in [5, 5.41) is 27.7. The average Bonchev–Trinajstić information content (AvgIpc) is 2.93. The quantitative estimate of drug-likeness (QED) is 0.380. The van der Waals surface area contributed by atoms with Gasteiger partial charge in [0.05, 0.1) is 24.7 Å². The first-order chi connectivity index (χ1) is 17.8. The smallest absolute Gasteiger partial charge is 0.224 e. The molecule has 7 heteroatoms. The zero-order chi connectivity index (χ0) is 26.6. The summed E-state index contributed by atoms with van der Waals surface area (Å²) in [6.45, 7) is 3.98. The molecule has 0 fully saturated rings. The van der Waals surface area contributed by atoms with Crippen molar-refractivity contribution in [3.05, 3.63) is 107 Å². The van der Waals surface area contributed by atoms with Crippen LogP contribution in [0.2, 0.25) is 5.02 Å². The highest BCUT2D eigenvalue weighted by molar-refractivity contribution is 6.30. The molecular formula is C30H35ClN2O4. The van der Waals surface area contributed by atoms with Crippen LogP contribution in [0.15, 0.2) is 91.1 Å². The van der Waals surface area contributed by atoms with Crippen molar-refractivity contribution in [1.82, 2.24) is 10.6 Å². The van der Waals surface area contributed by atoms with E-state index in [1.165, 1.54) is 0 Å². The van der Waals surface area contributed by atoms with Crippen LogP contribution < -0.4 is 10.6 Å². The van der Waals surface area contributed by atoms with Crippen LogP contribution in [0.5, 0.6) is 0 Å². The lowest BCUT2D eigenvalue weighted by Gasteiger charge is -2.27. The fraction of sp³-hybridized carbons (Fsp3) is 0.333. The van der Waals surface area contributed by atoms with E-state index in [9.17, 15) is 19.8 Å². The molecule has 1 aliphatic rings. The van der Waals surface area contributed by atoms with E-state index in [4.69, 9.17) is 11.6 Å². The van der Waals surface area contributed by atoms with Crippen molar-refractivity contribution >= 4 is 23.4 Å². The molecular weight excluding hydrogens is 488 g/mol. The summed E-state index contributed by atoms with van der Waals surface area (Å²) in [4.78, 5) is 25.7. The Morgan fingerprint density at radius 2 is 1.84 bits per heavy atom. The highest BCUT2D eigenvalue weighted by atomic mass is 35.5. The molecule has 1 aliphatic carbocycles. The number of rotatable bonds is 10. The van der Waals surface area contributed by atoms with Crippen LogP contribution in [0.4, 0.5) is 0 Å². The van der Waals surface area contributed by atoms with Crippen molar-refractivity contribution in [3.8, 4) is 0 Å². The number of allylic oxidation sites excluding steroid dienone is 3. The van der Waals surface area contributed by atoms with E-state index in [2.05, 4.69) is 17.2 Å². The van der Waals surface area contributed by atoms with Gasteiger partial charge in [0.1, 0.15) is 0 Å². The molecule has 6 nitrogen and oxygen atoms in total. The maximum atomic E-state index is 13.4. The van der Waals surface area contributed by atoms with Crippen molar-refractivity contribution in [2.45, 2.75) is 50.4 Å². The minimum Gasteiger partial charge on any atom is -0.391 e. The molecule has 0 aromatic heterocycles. The van der Waals surface area contributed by atoms with Crippen molar-refractivity contribution in [2.75, 3.05) is 6.54 Å². The number of hydrogen-bond donors (Lipinski definition) is 4. The number of carbonyl (C=O) groups excluding carboxylic acids is 2. The number of hydrogen-bond acceptors (Lipinski definition) is 4. The summed E-state index contributed by atoms with van der Waals surface area (Å²) in [7, 11) is 0. The van der Waals surface area contributed by atoms with Gasteiger partial charge in [-0.05, 0) is 48.9 Å². The van der Waals surface area contributed by atoms with E-state index in [0.717, 1.165) is 16.7 Å². The van der Waals surface area contributed by atoms with Crippen LogP contribution in [0, 0.1) is 5.92 Å². The Morgan fingerprint density at radius 3 is 2.59 bits per heavy atom. The van der Waals surface area contributed by atoms with Gasteiger partial charge in [0, 0.05) is 17.5 Å². The maximum Gasteiger partial charge on any atom is 0.224 e. The first-order valence-electron chi connectivity index (χ1n) is 12.5. The molecule has 0 saturated heterocycles. The third-order valence-electron chi connectivity index (χ3n) is 6.27. The lowest BCUT2D eigenvalue weighted by molar-refractivity contribution is -0.127. The summed E-state index contributed by atoms with van der Waals surface area (Å²) < 4.78 is 0. The van der Waals surface area contributed by atoms with Gasteiger partial charge in [-0.2, -0.15) is 0 Å². The van der Waals surface area contributed by atoms with Crippen molar-refractivity contribution in [2.24, 2.45) is 5.92 Å². The van der Waals surface area contributed by atoms with Gasteiger partial charge < -0.3 is 20.8 Å². The number of benzene rings is 2. The molecule has 2 amide bonds. The van der Waals surface area contributed by atoms with Gasteiger partial charge in [-0.1, -0.05) is 90.5 Å². The Balaban J connectivity index is 1.62. The predicted molar refractivity (Wildman–Crippen MR) is 147 cm³/mol. The van der Waals surface area contributed by atoms with E-state index in [1.807, 2.05) is 60.7 Å². The molecule has 4 N–H and O–H groups in total. The fourth-order valence-corrected chi connectivity index (χ4v) is 4.52. The number of amides is 2. The largest absolute Gasteiger partial charge is 0.391 e. The number of carbonyl (C=O) groups is 2. The Hall–Kier alpha value is -3.19. The number of nitrogens with one attached hydrogen (secondary N) is 2. The molecule has 0 saturated carbocycles. The van der Waals surface area contributed by atoms with Crippen molar-refractivity contribution < 1.29 is 19.8 Å². The molecule has 0 aliphatic heterocycles. The van der Waals surface area contributed by atoms with Crippen LogP contribution in [0.3, 0.4) is 0 Å². The monoisotopic (exact) mass is 522 g/mol. The second kappa shape index (κ2) is 14.5. The normalized spacial score (nSPS) is 21.0. The van der Waals surface area contributed by atoms with E-state index >= 15 is 0 Å². The van der Waals surface area contributed by atoms with Crippen LogP contribution in [-0.2, 0) is 22.4 Å². The molecule has 0 spiro atoms. The Labute approximate surface area is 223 Å². The fourth-order valence-electron chi connectivity index (χ4n) is 4.31. The third-order valence-corrected chi connectivity index (χ3v) is 6.51. The number of aliphatic hydroxyl groups is 2. The first kappa shape index (κ1) is 28.4.